The van der Waals surface area contributed by atoms with Crippen LogP contribution in [-0.2, 0) is 14.8 Å². The van der Waals surface area contributed by atoms with Gasteiger partial charge in [0, 0.05) is 17.8 Å². The number of nitrogens with one attached hydrogen (secondary N) is 3. The summed E-state index contributed by atoms with van der Waals surface area (Å²) in [6, 6.07) is 9.22. The van der Waals surface area contributed by atoms with E-state index in [1.807, 2.05) is 6.92 Å². The standard InChI is InChI=1S/C25H32FN3O4S/c1-3-4-16-27-24(31)25(14-6-5-7-15-25)28-23(30)22-17-21(13-8-18(22)2)34(32,33)29-20-11-9-19(26)10-12-20/h8-13,17,29H,3-7,14-16H2,1-2H3,(H,27,31)(H,28,30). The summed E-state index contributed by atoms with van der Waals surface area (Å²) in [6.07, 6.45) is 5.55. The third-order valence-corrected chi connectivity index (χ3v) is 7.55. The first kappa shape index (κ1) is 25.7. The van der Waals surface area contributed by atoms with Gasteiger partial charge in [-0.25, -0.2) is 12.8 Å². The van der Waals surface area contributed by atoms with E-state index in [9.17, 15) is 22.4 Å². The largest absolute Gasteiger partial charge is 0.354 e. The molecule has 0 aromatic heterocycles. The fourth-order valence-electron chi connectivity index (χ4n) is 4.14. The SMILES string of the molecule is CCCCNC(=O)C1(NC(=O)c2cc(S(=O)(=O)Nc3ccc(F)cc3)ccc2C)CCCCC1. The van der Waals surface area contributed by atoms with Gasteiger partial charge >= 0.3 is 0 Å². The van der Waals surface area contributed by atoms with Crippen molar-refractivity contribution in [3.63, 3.8) is 0 Å². The number of carbonyl (C=O) groups excluding carboxylic acids is 2. The van der Waals surface area contributed by atoms with Crippen LogP contribution in [0.3, 0.4) is 0 Å². The minimum atomic E-state index is -4.01. The minimum Gasteiger partial charge on any atom is -0.354 e. The van der Waals surface area contributed by atoms with E-state index in [0.717, 1.165) is 44.2 Å². The summed E-state index contributed by atoms with van der Waals surface area (Å²) in [4.78, 5) is 26.2. The van der Waals surface area contributed by atoms with Crippen LogP contribution < -0.4 is 15.4 Å². The lowest BCUT2D eigenvalue weighted by Gasteiger charge is -2.36. The summed E-state index contributed by atoms with van der Waals surface area (Å²) in [5.74, 6) is -1.15. The molecule has 2 amide bonds. The van der Waals surface area contributed by atoms with E-state index in [1.165, 1.54) is 24.3 Å². The van der Waals surface area contributed by atoms with Gasteiger partial charge in [-0.05, 0) is 68.1 Å². The Morgan fingerprint density at radius 3 is 2.35 bits per heavy atom. The van der Waals surface area contributed by atoms with E-state index < -0.39 is 27.3 Å². The molecular formula is C25H32FN3O4S. The smallest absolute Gasteiger partial charge is 0.261 e. The predicted octanol–water partition coefficient (Wildman–Crippen LogP) is 4.28. The third-order valence-electron chi connectivity index (χ3n) is 6.17. The van der Waals surface area contributed by atoms with Gasteiger partial charge in [0.2, 0.25) is 5.91 Å². The van der Waals surface area contributed by atoms with Crippen molar-refractivity contribution in [2.24, 2.45) is 0 Å². The van der Waals surface area contributed by atoms with Crippen molar-refractivity contribution >= 4 is 27.5 Å². The fourth-order valence-corrected chi connectivity index (χ4v) is 5.23. The van der Waals surface area contributed by atoms with E-state index in [1.54, 1.807) is 13.0 Å². The molecule has 0 unspecified atom stereocenters. The number of hydrogen-bond donors (Lipinski definition) is 3. The summed E-state index contributed by atoms with van der Waals surface area (Å²) in [6.45, 7) is 4.31. The van der Waals surface area contributed by atoms with Crippen LogP contribution in [0.15, 0.2) is 47.4 Å². The maximum atomic E-state index is 13.3. The van der Waals surface area contributed by atoms with Gasteiger partial charge < -0.3 is 10.6 Å². The molecular weight excluding hydrogens is 457 g/mol. The molecule has 1 fully saturated rings. The number of benzene rings is 2. The second kappa shape index (κ2) is 11.0. The van der Waals surface area contributed by atoms with Crippen molar-refractivity contribution in [2.45, 2.75) is 69.2 Å². The first-order chi connectivity index (χ1) is 16.2. The maximum Gasteiger partial charge on any atom is 0.261 e. The highest BCUT2D eigenvalue weighted by Gasteiger charge is 2.41. The fraction of sp³-hybridized carbons (Fsp3) is 0.440. The Morgan fingerprint density at radius 2 is 1.71 bits per heavy atom. The van der Waals surface area contributed by atoms with Crippen LogP contribution in [0.25, 0.3) is 0 Å². The lowest BCUT2D eigenvalue weighted by Crippen LogP contribution is -2.59. The van der Waals surface area contributed by atoms with E-state index >= 15 is 0 Å². The first-order valence-electron chi connectivity index (χ1n) is 11.7. The molecule has 0 radical (unpaired) electrons. The normalized spacial score (nSPS) is 15.4. The van der Waals surface area contributed by atoms with Crippen LogP contribution in [0.1, 0.15) is 67.8 Å². The van der Waals surface area contributed by atoms with Crippen molar-refractivity contribution < 1.29 is 22.4 Å². The molecule has 0 aliphatic heterocycles. The second-order valence-electron chi connectivity index (χ2n) is 8.80. The van der Waals surface area contributed by atoms with Crippen molar-refractivity contribution in [3.8, 4) is 0 Å². The third kappa shape index (κ3) is 6.14. The molecule has 2 aromatic carbocycles. The highest BCUT2D eigenvalue weighted by atomic mass is 32.2. The van der Waals surface area contributed by atoms with E-state index in [0.29, 0.717) is 24.9 Å². The summed E-state index contributed by atoms with van der Waals surface area (Å²) in [5.41, 5.74) is -0.0155. The average molecular weight is 490 g/mol. The second-order valence-corrected chi connectivity index (χ2v) is 10.5. The number of hydrogen-bond acceptors (Lipinski definition) is 4. The van der Waals surface area contributed by atoms with Gasteiger partial charge in [-0.3, -0.25) is 14.3 Å². The summed E-state index contributed by atoms with van der Waals surface area (Å²) in [7, 11) is -4.01. The van der Waals surface area contributed by atoms with Gasteiger partial charge in [-0.2, -0.15) is 0 Å². The molecule has 7 nitrogen and oxygen atoms in total. The van der Waals surface area contributed by atoms with Crippen molar-refractivity contribution in [1.29, 1.82) is 0 Å². The van der Waals surface area contributed by atoms with Crippen molar-refractivity contribution in [3.05, 3.63) is 59.4 Å². The molecule has 0 saturated heterocycles. The molecule has 1 aliphatic carbocycles. The number of anilines is 1. The van der Waals surface area contributed by atoms with E-state index in [-0.39, 0.29) is 22.1 Å². The summed E-state index contributed by atoms with van der Waals surface area (Å²) < 4.78 is 41.3. The summed E-state index contributed by atoms with van der Waals surface area (Å²) >= 11 is 0. The van der Waals surface area contributed by atoms with E-state index in [4.69, 9.17) is 0 Å². The number of unbranched alkanes of at least 4 members (excludes halogenated alkanes) is 1. The Hall–Kier alpha value is -2.94. The zero-order chi connectivity index (χ0) is 24.8. The van der Waals surface area contributed by atoms with Crippen LogP contribution in [0, 0.1) is 12.7 Å². The topological polar surface area (TPSA) is 104 Å². The quantitative estimate of drug-likeness (QED) is 0.457. The van der Waals surface area contributed by atoms with Crippen LogP contribution in [0.2, 0.25) is 0 Å². The monoisotopic (exact) mass is 489 g/mol. The molecule has 3 N–H and O–H groups in total. The highest BCUT2D eigenvalue weighted by Crippen LogP contribution is 2.29. The lowest BCUT2D eigenvalue weighted by atomic mass is 9.80. The van der Waals surface area contributed by atoms with Crippen LogP contribution in [0.4, 0.5) is 10.1 Å². The number of aryl methyl sites for hydroxylation is 1. The first-order valence-corrected chi connectivity index (χ1v) is 13.1. The Bertz CT molecular complexity index is 1130. The average Bonchev–Trinajstić information content (AvgIpc) is 2.81. The van der Waals surface area contributed by atoms with Gasteiger partial charge in [0.25, 0.3) is 15.9 Å². The lowest BCUT2D eigenvalue weighted by molar-refractivity contribution is -0.128. The highest BCUT2D eigenvalue weighted by molar-refractivity contribution is 7.92. The number of halogens is 1. The zero-order valence-corrected chi connectivity index (χ0v) is 20.4. The number of sulfonamides is 1. The molecule has 0 atom stereocenters. The predicted molar refractivity (Wildman–Crippen MR) is 130 cm³/mol. The molecule has 34 heavy (non-hydrogen) atoms. The Balaban J connectivity index is 1.84. The van der Waals surface area contributed by atoms with Gasteiger partial charge in [-0.1, -0.05) is 38.7 Å². The van der Waals surface area contributed by atoms with E-state index in [2.05, 4.69) is 15.4 Å². The Kier molecular flexibility index (Phi) is 8.30. The molecule has 3 rings (SSSR count). The molecule has 0 spiro atoms. The molecule has 1 aliphatic rings. The van der Waals surface area contributed by atoms with Crippen molar-refractivity contribution in [2.75, 3.05) is 11.3 Å². The van der Waals surface area contributed by atoms with Gasteiger partial charge in [0.15, 0.2) is 0 Å². The molecule has 1 saturated carbocycles. The van der Waals surface area contributed by atoms with Gasteiger partial charge in [-0.15, -0.1) is 0 Å². The molecule has 9 heteroatoms. The number of carbonyl (C=O) groups is 2. The zero-order valence-electron chi connectivity index (χ0n) is 19.6. The van der Waals surface area contributed by atoms with Gasteiger partial charge in [0.05, 0.1) is 4.90 Å². The molecule has 0 heterocycles. The number of amides is 2. The molecule has 184 valence electrons. The maximum absolute atomic E-state index is 13.3. The van der Waals surface area contributed by atoms with Crippen LogP contribution >= 0.6 is 0 Å². The molecule has 2 aromatic rings. The summed E-state index contributed by atoms with van der Waals surface area (Å²) in [5, 5.41) is 5.89. The van der Waals surface area contributed by atoms with Gasteiger partial charge in [0.1, 0.15) is 11.4 Å². The minimum absolute atomic E-state index is 0.0994. The molecule has 0 bridgehead atoms. The Labute approximate surface area is 200 Å². The van der Waals surface area contributed by atoms with Crippen molar-refractivity contribution in [1.82, 2.24) is 10.6 Å². The van der Waals surface area contributed by atoms with Crippen LogP contribution in [0.5, 0.6) is 0 Å². The number of rotatable bonds is 9. The van der Waals surface area contributed by atoms with Crippen LogP contribution in [-0.4, -0.2) is 32.3 Å². The Morgan fingerprint density at radius 1 is 1.03 bits per heavy atom.